The minimum absolute atomic E-state index is 0.123. The number of nitrogens with zero attached hydrogens (tertiary/aromatic N) is 1. The second-order valence-corrected chi connectivity index (χ2v) is 5.52. The molecule has 0 fully saturated rings. The van der Waals surface area contributed by atoms with Gasteiger partial charge in [-0.25, -0.2) is 5.43 Å². The third kappa shape index (κ3) is 8.78. The third-order valence-electron chi connectivity index (χ3n) is 2.92. The number of primary amides is 1. The third-order valence-corrected chi connectivity index (χ3v) is 2.92. The SMILES string of the molecule is CC(C)OCCCNC(=O)C(=O)N/N=C\c1ccccc1OCC(N)=O. The van der Waals surface area contributed by atoms with Crippen LogP contribution in [0.25, 0.3) is 0 Å². The Morgan fingerprint density at radius 3 is 2.65 bits per heavy atom. The summed E-state index contributed by atoms with van der Waals surface area (Å²) in [5.41, 5.74) is 7.67. The molecule has 0 heterocycles. The van der Waals surface area contributed by atoms with Crippen molar-refractivity contribution in [3.8, 4) is 5.75 Å². The quantitative estimate of drug-likeness (QED) is 0.231. The fourth-order valence-electron chi connectivity index (χ4n) is 1.75. The van der Waals surface area contributed by atoms with Crippen LogP contribution in [0, 0.1) is 0 Å². The zero-order chi connectivity index (χ0) is 19.4. The molecule has 0 aliphatic heterocycles. The Hall–Kier alpha value is -2.94. The highest BCUT2D eigenvalue weighted by atomic mass is 16.5. The van der Waals surface area contributed by atoms with Crippen LogP contribution in [0.1, 0.15) is 25.8 Å². The molecule has 0 saturated heterocycles. The number of carbonyl (C=O) groups excluding carboxylic acids is 3. The van der Waals surface area contributed by atoms with Gasteiger partial charge in [-0.1, -0.05) is 12.1 Å². The first-order chi connectivity index (χ1) is 12.4. The summed E-state index contributed by atoms with van der Waals surface area (Å²) in [6, 6.07) is 6.73. The van der Waals surface area contributed by atoms with Gasteiger partial charge in [0.2, 0.25) is 0 Å². The van der Waals surface area contributed by atoms with E-state index < -0.39 is 17.7 Å². The molecule has 1 rings (SSSR count). The van der Waals surface area contributed by atoms with E-state index in [0.717, 1.165) is 0 Å². The van der Waals surface area contributed by atoms with Crippen LogP contribution in [0.3, 0.4) is 0 Å². The normalized spacial score (nSPS) is 10.7. The zero-order valence-corrected chi connectivity index (χ0v) is 14.9. The molecule has 1 aromatic rings. The first kappa shape index (κ1) is 21.1. The number of ether oxygens (including phenoxy) is 2. The molecule has 0 spiro atoms. The summed E-state index contributed by atoms with van der Waals surface area (Å²) in [6.07, 6.45) is 2.03. The molecule has 4 N–H and O–H groups in total. The number of hydrogen-bond acceptors (Lipinski definition) is 6. The van der Waals surface area contributed by atoms with Gasteiger partial charge in [0.25, 0.3) is 5.91 Å². The van der Waals surface area contributed by atoms with Crippen molar-refractivity contribution >= 4 is 23.9 Å². The minimum atomic E-state index is -0.887. The van der Waals surface area contributed by atoms with Gasteiger partial charge in [0.15, 0.2) is 6.61 Å². The van der Waals surface area contributed by atoms with Crippen LogP contribution in [-0.2, 0) is 19.1 Å². The molecule has 1 aromatic carbocycles. The smallest absolute Gasteiger partial charge is 0.329 e. The van der Waals surface area contributed by atoms with Crippen molar-refractivity contribution in [3.63, 3.8) is 0 Å². The average molecular weight is 364 g/mol. The van der Waals surface area contributed by atoms with Gasteiger partial charge in [0.1, 0.15) is 5.75 Å². The summed E-state index contributed by atoms with van der Waals surface area (Å²) < 4.78 is 10.6. The Labute approximate surface area is 151 Å². The second kappa shape index (κ2) is 11.6. The van der Waals surface area contributed by atoms with Crippen molar-refractivity contribution in [3.05, 3.63) is 29.8 Å². The number of nitrogens with one attached hydrogen (secondary N) is 2. The average Bonchev–Trinajstić information content (AvgIpc) is 2.59. The van der Waals surface area contributed by atoms with E-state index in [-0.39, 0.29) is 12.7 Å². The van der Waals surface area contributed by atoms with E-state index in [1.54, 1.807) is 24.3 Å². The molecule has 0 aliphatic carbocycles. The van der Waals surface area contributed by atoms with Crippen molar-refractivity contribution in [1.82, 2.24) is 10.7 Å². The molecule has 26 heavy (non-hydrogen) atoms. The molecule has 0 aromatic heterocycles. The van der Waals surface area contributed by atoms with Gasteiger partial charge in [0, 0.05) is 18.7 Å². The van der Waals surface area contributed by atoms with E-state index in [2.05, 4.69) is 15.8 Å². The predicted molar refractivity (Wildman–Crippen MR) is 95.6 cm³/mol. The number of hydrazone groups is 1. The molecule has 9 nitrogen and oxygen atoms in total. The molecule has 0 aliphatic rings. The van der Waals surface area contributed by atoms with E-state index in [0.29, 0.717) is 30.9 Å². The lowest BCUT2D eigenvalue weighted by Gasteiger charge is -2.08. The highest BCUT2D eigenvalue weighted by Crippen LogP contribution is 2.15. The number of rotatable bonds is 10. The maximum absolute atomic E-state index is 11.6. The van der Waals surface area contributed by atoms with Gasteiger partial charge in [-0.3, -0.25) is 14.4 Å². The minimum Gasteiger partial charge on any atom is -0.483 e. The summed E-state index contributed by atoms with van der Waals surface area (Å²) in [7, 11) is 0. The summed E-state index contributed by atoms with van der Waals surface area (Å²) >= 11 is 0. The summed E-state index contributed by atoms with van der Waals surface area (Å²) in [4.78, 5) is 34.0. The van der Waals surface area contributed by atoms with Crippen LogP contribution < -0.4 is 21.2 Å². The van der Waals surface area contributed by atoms with E-state index in [1.165, 1.54) is 6.21 Å². The molecule has 0 saturated carbocycles. The molecule has 0 bridgehead atoms. The predicted octanol–water partition coefficient (Wildman–Crippen LogP) is -0.0679. The van der Waals surface area contributed by atoms with Gasteiger partial charge >= 0.3 is 11.8 Å². The molecule has 0 unspecified atom stereocenters. The summed E-state index contributed by atoms with van der Waals surface area (Å²) in [5, 5.41) is 6.18. The van der Waals surface area contributed by atoms with E-state index in [9.17, 15) is 14.4 Å². The van der Waals surface area contributed by atoms with Gasteiger partial charge in [0.05, 0.1) is 12.3 Å². The molecular formula is C17H24N4O5. The first-order valence-corrected chi connectivity index (χ1v) is 8.13. The maximum Gasteiger partial charge on any atom is 0.329 e. The lowest BCUT2D eigenvalue weighted by atomic mass is 10.2. The summed E-state index contributed by atoms with van der Waals surface area (Å²) in [6.45, 7) is 4.38. The largest absolute Gasteiger partial charge is 0.483 e. The first-order valence-electron chi connectivity index (χ1n) is 8.13. The standard InChI is InChI=1S/C17H24N4O5/c1-12(2)25-9-5-8-19-16(23)17(24)21-20-10-13-6-3-4-7-14(13)26-11-15(18)22/h3-4,6-7,10,12H,5,8-9,11H2,1-2H3,(H2,18,22)(H,19,23)(H,21,24)/b20-10-. The van der Waals surface area contributed by atoms with Gasteiger partial charge < -0.3 is 20.5 Å². The Morgan fingerprint density at radius 1 is 1.23 bits per heavy atom. The number of amides is 3. The number of carbonyl (C=O) groups is 3. The Morgan fingerprint density at radius 2 is 1.96 bits per heavy atom. The Kier molecular flexibility index (Phi) is 9.40. The highest BCUT2D eigenvalue weighted by Gasteiger charge is 2.11. The van der Waals surface area contributed by atoms with Gasteiger partial charge in [-0.15, -0.1) is 0 Å². The molecule has 3 amide bonds. The van der Waals surface area contributed by atoms with Gasteiger partial charge in [-0.2, -0.15) is 5.10 Å². The fourth-order valence-corrected chi connectivity index (χ4v) is 1.75. The summed E-state index contributed by atoms with van der Waals surface area (Å²) in [5.74, 6) is -1.91. The number of nitrogens with two attached hydrogens (primary N) is 1. The monoisotopic (exact) mass is 364 g/mol. The van der Waals surface area contributed by atoms with Crippen molar-refractivity contribution in [2.45, 2.75) is 26.4 Å². The Bertz CT molecular complexity index is 646. The van der Waals surface area contributed by atoms with Crippen LogP contribution >= 0.6 is 0 Å². The number of hydrogen-bond donors (Lipinski definition) is 3. The second-order valence-electron chi connectivity index (χ2n) is 5.52. The zero-order valence-electron chi connectivity index (χ0n) is 14.9. The van der Waals surface area contributed by atoms with E-state index in [1.807, 2.05) is 13.8 Å². The topological polar surface area (TPSA) is 132 Å². The fraction of sp³-hybridized carbons (Fsp3) is 0.412. The van der Waals surface area contributed by atoms with Crippen LogP contribution in [0.2, 0.25) is 0 Å². The Balaban J connectivity index is 2.42. The van der Waals surface area contributed by atoms with Crippen molar-refractivity contribution < 1.29 is 23.9 Å². The van der Waals surface area contributed by atoms with Crippen LogP contribution in [0.15, 0.2) is 29.4 Å². The van der Waals surface area contributed by atoms with Gasteiger partial charge in [-0.05, 0) is 32.4 Å². The maximum atomic E-state index is 11.6. The number of para-hydroxylation sites is 1. The highest BCUT2D eigenvalue weighted by molar-refractivity contribution is 6.35. The lowest BCUT2D eigenvalue weighted by molar-refractivity contribution is -0.139. The van der Waals surface area contributed by atoms with Crippen LogP contribution in [-0.4, -0.2) is 49.8 Å². The van der Waals surface area contributed by atoms with Crippen molar-refractivity contribution in [1.29, 1.82) is 0 Å². The number of benzene rings is 1. The van der Waals surface area contributed by atoms with E-state index in [4.69, 9.17) is 15.2 Å². The van der Waals surface area contributed by atoms with Crippen molar-refractivity contribution in [2.24, 2.45) is 10.8 Å². The van der Waals surface area contributed by atoms with Crippen LogP contribution in [0.5, 0.6) is 5.75 Å². The molecular weight excluding hydrogens is 340 g/mol. The molecule has 142 valence electrons. The van der Waals surface area contributed by atoms with Crippen LogP contribution in [0.4, 0.5) is 0 Å². The lowest BCUT2D eigenvalue weighted by Crippen LogP contribution is -2.38. The molecule has 0 radical (unpaired) electrons. The molecule has 9 heteroatoms. The van der Waals surface area contributed by atoms with Crippen molar-refractivity contribution in [2.75, 3.05) is 19.8 Å². The molecule has 0 atom stereocenters. The van der Waals surface area contributed by atoms with E-state index >= 15 is 0 Å².